The normalized spacial score (nSPS) is 21.9. The van der Waals surface area contributed by atoms with Crippen LogP contribution >= 0.6 is 23.5 Å². The van der Waals surface area contributed by atoms with E-state index in [0.29, 0.717) is 5.25 Å². The summed E-state index contributed by atoms with van der Waals surface area (Å²) in [7, 11) is 0. The molecule has 1 nitrogen and oxygen atoms in total. The van der Waals surface area contributed by atoms with Crippen molar-refractivity contribution < 1.29 is 0 Å². The molecule has 0 saturated heterocycles. The van der Waals surface area contributed by atoms with Gasteiger partial charge in [0, 0.05) is 9.80 Å². The molecule has 0 saturated carbocycles. The number of thioether (sulfide) groups is 2. The molecule has 80 valence electrons. The minimum atomic E-state index is 0.394. The van der Waals surface area contributed by atoms with E-state index in [0.717, 1.165) is 5.69 Å². The SMILES string of the molecule is CSC1=CC2=Nc3ccccc3SC2C=C1. The second-order valence-electron chi connectivity index (χ2n) is 3.65. The Hall–Kier alpha value is -0.930. The number of hydrogen-bond donors (Lipinski definition) is 0. The van der Waals surface area contributed by atoms with Crippen molar-refractivity contribution in [2.24, 2.45) is 4.99 Å². The highest BCUT2D eigenvalue weighted by Gasteiger charge is 2.22. The zero-order valence-corrected chi connectivity index (χ0v) is 10.5. The van der Waals surface area contributed by atoms with Gasteiger partial charge in [-0.25, -0.2) is 0 Å². The van der Waals surface area contributed by atoms with Crippen molar-refractivity contribution >= 4 is 34.9 Å². The molecule has 0 N–H and O–H groups in total. The maximum Gasteiger partial charge on any atom is 0.0769 e. The Morgan fingerprint density at radius 3 is 3.06 bits per heavy atom. The van der Waals surface area contributed by atoms with Crippen LogP contribution in [-0.4, -0.2) is 17.2 Å². The summed E-state index contributed by atoms with van der Waals surface area (Å²) in [4.78, 5) is 7.29. The summed E-state index contributed by atoms with van der Waals surface area (Å²) in [5.41, 5.74) is 2.28. The molecule has 1 aromatic rings. The molecule has 2 aliphatic rings. The second-order valence-corrected chi connectivity index (χ2v) is 5.72. The molecule has 1 aliphatic carbocycles. The number of allylic oxidation sites excluding steroid dienone is 2. The van der Waals surface area contributed by atoms with E-state index in [9.17, 15) is 0 Å². The van der Waals surface area contributed by atoms with Crippen molar-refractivity contribution in [1.29, 1.82) is 0 Å². The lowest BCUT2D eigenvalue weighted by molar-refractivity contribution is 1.29. The molecule has 0 aromatic heterocycles. The van der Waals surface area contributed by atoms with Crippen LogP contribution in [0.3, 0.4) is 0 Å². The molecule has 3 heteroatoms. The van der Waals surface area contributed by atoms with Crippen LogP contribution in [0.5, 0.6) is 0 Å². The van der Waals surface area contributed by atoms with Gasteiger partial charge in [0.2, 0.25) is 0 Å². The number of rotatable bonds is 1. The van der Waals surface area contributed by atoms with Crippen molar-refractivity contribution in [2.45, 2.75) is 10.1 Å². The van der Waals surface area contributed by atoms with Gasteiger partial charge in [-0.15, -0.1) is 23.5 Å². The van der Waals surface area contributed by atoms with Gasteiger partial charge in [-0.3, -0.25) is 4.99 Å². The van der Waals surface area contributed by atoms with Crippen molar-refractivity contribution in [3.8, 4) is 0 Å². The molecular formula is C13H11NS2. The highest BCUT2D eigenvalue weighted by Crippen LogP contribution is 2.40. The molecule has 0 fully saturated rings. The molecule has 16 heavy (non-hydrogen) atoms. The third-order valence-corrected chi connectivity index (χ3v) is 4.60. The van der Waals surface area contributed by atoms with Gasteiger partial charge < -0.3 is 0 Å². The van der Waals surface area contributed by atoms with E-state index in [4.69, 9.17) is 4.99 Å². The first kappa shape index (κ1) is 10.2. The molecule has 0 radical (unpaired) electrons. The lowest BCUT2D eigenvalue weighted by atomic mass is 10.1. The quantitative estimate of drug-likeness (QED) is 0.740. The number of para-hydroxylation sites is 1. The standard InChI is InChI=1S/C13H11NS2/c1-15-9-6-7-13-11(8-9)14-10-4-2-3-5-12(10)16-13/h2-8,13H,1H3. The van der Waals surface area contributed by atoms with Crippen LogP contribution in [0.2, 0.25) is 0 Å². The van der Waals surface area contributed by atoms with Crippen LogP contribution in [0.1, 0.15) is 0 Å². The van der Waals surface area contributed by atoms with Crippen LogP contribution in [-0.2, 0) is 0 Å². The monoisotopic (exact) mass is 245 g/mol. The predicted molar refractivity (Wildman–Crippen MR) is 73.9 cm³/mol. The van der Waals surface area contributed by atoms with Gasteiger partial charge >= 0.3 is 0 Å². The Morgan fingerprint density at radius 1 is 1.31 bits per heavy atom. The molecule has 0 spiro atoms. The smallest absolute Gasteiger partial charge is 0.0769 e. The van der Waals surface area contributed by atoms with Crippen LogP contribution in [0.4, 0.5) is 5.69 Å². The van der Waals surface area contributed by atoms with Gasteiger partial charge in [0.1, 0.15) is 0 Å². The van der Waals surface area contributed by atoms with E-state index >= 15 is 0 Å². The van der Waals surface area contributed by atoms with Crippen LogP contribution in [0.25, 0.3) is 0 Å². The van der Waals surface area contributed by atoms with Gasteiger partial charge in [0.15, 0.2) is 0 Å². The summed E-state index contributed by atoms with van der Waals surface area (Å²) in [6, 6.07) is 8.34. The van der Waals surface area contributed by atoms with E-state index in [1.807, 2.05) is 17.8 Å². The Bertz CT molecular complexity index is 514. The number of aliphatic imine (C=N–C) groups is 1. The van der Waals surface area contributed by atoms with Crippen LogP contribution in [0, 0.1) is 0 Å². The Kier molecular flexibility index (Phi) is 2.65. The fourth-order valence-electron chi connectivity index (χ4n) is 1.80. The number of benzene rings is 1. The summed E-state index contributed by atoms with van der Waals surface area (Å²) < 4.78 is 0. The zero-order chi connectivity index (χ0) is 11.0. The summed E-state index contributed by atoms with van der Waals surface area (Å²) >= 11 is 3.65. The minimum absolute atomic E-state index is 0.394. The molecule has 1 atom stereocenters. The maximum atomic E-state index is 4.72. The fraction of sp³-hybridized carbons (Fsp3) is 0.154. The summed E-state index contributed by atoms with van der Waals surface area (Å²) in [6.07, 6.45) is 8.72. The third kappa shape index (κ3) is 1.74. The summed E-state index contributed by atoms with van der Waals surface area (Å²) in [5, 5.41) is 0.394. The lowest BCUT2D eigenvalue weighted by Gasteiger charge is -2.22. The first-order chi connectivity index (χ1) is 7.86. The zero-order valence-electron chi connectivity index (χ0n) is 8.88. The van der Waals surface area contributed by atoms with Gasteiger partial charge in [-0.2, -0.15) is 0 Å². The first-order valence-corrected chi connectivity index (χ1v) is 7.25. The van der Waals surface area contributed by atoms with Crippen LogP contribution < -0.4 is 0 Å². The Morgan fingerprint density at radius 2 is 2.19 bits per heavy atom. The molecule has 1 aliphatic heterocycles. The average molecular weight is 245 g/mol. The van der Waals surface area contributed by atoms with Gasteiger partial charge in [0.25, 0.3) is 0 Å². The van der Waals surface area contributed by atoms with Crippen LogP contribution in [0.15, 0.2) is 57.3 Å². The molecule has 1 unspecified atom stereocenters. The maximum absolute atomic E-state index is 4.72. The summed E-state index contributed by atoms with van der Waals surface area (Å²) in [5.74, 6) is 0. The van der Waals surface area contributed by atoms with E-state index < -0.39 is 0 Å². The van der Waals surface area contributed by atoms with E-state index in [1.165, 1.54) is 15.5 Å². The van der Waals surface area contributed by atoms with E-state index in [-0.39, 0.29) is 0 Å². The molecule has 3 rings (SSSR count). The fourth-order valence-corrected chi connectivity index (χ4v) is 3.32. The molecule has 1 heterocycles. The van der Waals surface area contributed by atoms with Gasteiger partial charge in [0.05, 0.1) is 16.6 Å². The number of hydrogen-bond acceptors (Lipinski definition) is 3. The number of fused-ring (bicyclic) bond motifs is 2. The topological polar surface area (TPSA) is 12.4 Å². The molecule has 0 amide bonds. The second kappa shape index (κ2) is 4.15. The molecular weight excluding hydrogens is 234 g/mol. The van der Waals surface area contributed by atoms with Crippen molar-refractivity contribution in [3.05, 3.63) is 47.4 Å². The third-order valence-electron chi connectivity index (χ3n) is 2.62. The molecule has 0 bridgehead atoms. The predicted octanol–water partition coefficient (Wildman–Crippen LogP) is 4.05. The number of nitrogens with zero attached hydrogens (tertiary/aromatic N) is 1. The van der Waals surface area contributed by atoms with Crippen molar-refractivity contribution in [3.63, 3.8) is 0 Å². The largest absolute Gasteiger partial charge is 0.251 e. The average Bonchev–Trinajstić information content (AvgIpc) is 2.35. The van der Waals surface area contributed by atoms with E-state index in [1.54, 1.807) is 11.8 Å². The highest BCUT2D eigenvalue weighted by molar-refractivity contribution is 8.02. The van der Waals surface area contributed by atoms with Gasteiger partial charge in [-0.1, -0.05) is 24.3 Å². The lowest BCUT2D eigenvalue weighted by Crippen LogP contribution is -2.17. The Labute approximate surface area is 104 Å². The molecule has 1 aromatic carbocycles. The first-order valence-electron chi connectivity index (χ1n) is 5.15. The Balaban J connectivity index is 2.06. The van der Waals surface area contributed by atoms with Crippen molar-refractivity contribution in [1.82, 2.24) is 0 Å². The minimum Gasteiger partial charge on any atom is -0.251 e. The van der Waals surface area contributed by atoms with Gasteiger partial charge in [-0.05, 0) is 24.5 Å². The van der Waals surface area contributed by atoms with E-state index in [2.05, 4.69) is 42.7 Å². The summed E-state index contributed by atoms with van der Waals surface area (Å²) in [6.45, 7) is 0. The highest BCUT2D eigenvalue weighted by atomic mass is 32.2. The van der Waals surface area contributed by atoms with Crippen molar-refractivity contribution in [2.75, 3.05) is 6.26 Å².